The first-order valence-electron chi connectivity index (χ1n) is 9.10. The first-order chi connectivity index (χ1) is 13.6. The molecule has 1 saturated heterocycles. The SMILES string of the molecule is C=CCn1c(C)nnc1SCC(=O)N1CCN(C(=O)Nc2ccccc2)CC1. The van der Waals surface area contributed by atoms with E-state index < -0.39 is 0 Å². The molecule has 1 N–H and O–H groups in total. The fourth-order valence-corrected chi connectivity index (χ4v) is 3.80. The van der Waals surface area contributed by atoms with E-state index in [4.69, 9.17) is 0 Å². The lowest BCUT2D eigenvalue weighted by molar-refractivity contribution is -0.129. The minimum absolute atomic E-state index is 0.0407. The van der Waals surface area contributed by atoms with E-state index in [1.807, 2.05) is 41.8 Å². The third-order valence-corrected chi connectivity index (χ3v) is 5.43. The number of allylic oxidation sites excluding steroid dienone is 1. The highest BCUT2D eigenvalue weighted by Gasteiger charge is 2.24. The van der Waals surface area contributed by atoms with Crippen LogP contribution in [0.15, 0.2) is 48.1 Å². The number of aromatic nitrogens is 3. The van der Waals surface area contributed by atoms with Crippen LogP contribution in [0.5, 0.6) is 0 Å². The Bertz CT molecular complexity index is 830. The molecule has 9 heteroatoms. The molecule has 1 aliphatic heterocycles. The van der Waals surface area contributed by atoms with Gasteiger partial charge in [-0.2, -0.15) is 0 Å². The number of benzene rings is 1. The second-order valence-corrected chi connectivity index (χ2v) is 7.32. The van der Waals surface area contributed by atoms with Crippen LogP contribution in [-0.2, 0) is 11.3 Å². The standard InChI is InChI=1S/C19H24N6O2S/c1-3-9-25-15(2)21-22-19(25)28-14-17(26)23-10-12-24(13-11-23)18(27)20-16-7-5-4-6-8-16/h3-8H,1,9-14H2,2H3,(H,20,27). The molecule has 0 unspecified atom stereocenters. The maximum atomic E-state index is 12.5. The van der Waals surface area contributed by atoms with E-state index in [0.29, 0.717) is 43.6 Å². The zero-order chi connectivity index (χ0) is 19.9. The van der Waals surface area contributed by atoms with Crippen molar-refractivity contribution < 1.29 is 9.59 Å². The van der Waals surface area contributed by atoms with Gasteiger partial charge in [-0.3, -0.25) is 4.79 Å². The van der Waals surface area contributed by atoms with Gasteiger partial charge >= 0.3 is 6.03 Å². The lowest BCUT2D eigenvalue weighted by Crippen LogP contribution is -2.52. The van der Waals surface area contributed by atoms with Crippen LogP contribution in [0.4, 0.5) is 10.5 Å². The van der Waals surface area contributed by atoms with Gasteiger partial charge in [0.15, 0.2) is 5.16 Å². The van der Waals surface area contributed by atoms with Crippen LogP contribution in [0, 0.1) is 6.92 Å². The molecule has 0 saturated carbocycles. The van der Waals surface area contributed by atoms with Crippen molar-refractivity contribution in [3.63, 3.8) is 0 Å². The highest BCUT2D eigenvalue weighted by atomic mass is 32.2. The third kappa shape index (κ3) is 4.92. The van der Waals surface area contributed by atoms with Gasteiger partial charge in [0, 0.05) is 38.4 Å². The van der Waals surface area contributed by atoms with E-state index in [-0.39, 0.29) is 11.9 Å². The maximum Gasteiger partial charge on any atom is 0.321 e. The molecule has 0 spiro atoms. The number of urea groups is 1. The second-order valence-electron chi connectivity index (χ2n) is 6.38. The van der Waals surface area contributed by atoms with E-state index in [1.165, 1.54) is 11.8 Å². The zero-order valence-electron chi connectivity index (χ0n) is 15.9. The zero-order valence-corrected chi connectivity index (χ0v) is 16.7. The van der Waals surface area contributed by atoms with Crippen molar-refractivity contribution >= 4 is 29.4 Å². The van der Waals surface area contributed by atoms with Gasteiger partial charge in [-0.05, 0) is 19.1 Å². The monoisotopic (exact) mass is 400 g/mol. The number of piperazine rings is 1. The van der Waals surface area contributed by atoms with Crippen molar-refractivity contribution in [3.05, 3.63) is 48.8 Å². The number of para-hydroxylation sites is 1. The Balaban J connectivity index is 1.46. The molecule has 1 fully saturated rings. The molecule has 3 rings (SSSR count). The molecule has 2 heterocycles. The van der Waals surface area contributed by atoms with Crippen LogP contribution in [0.3, 0.4) is 0 Å². The molecule has 2 aromatic rings. The lowest BCUT2D eigenvalue weighted by atomic mass is 10.3. The van der Waals surface area contributed by atoms with Crippen LogP contribution in [-0.4, -0.2) is 68.4 Å². The third-order valence-electron chi connectivity index (χ3n) is 4.48. The number of hydrogen-bond acceptors (Lipinski definition) is 5. The highest BCUT2D eigenvalue weighted by molar-refractivity contribution is 7.99. The molecule has 0 radical (unpaired) electrons. The molecule has 28 heavy (non-hydrogen) atoms. The molecule has 3 amide bonds. The maximum absolute atomic E-state index is 12.5. The molecule has 1 aromatic heterocycles. The molecule has 1 aromatic carbocycles. The van der Waals surface area contributed by atoms with Crippen molar-refractivity contribution in [2.24, 2.45) is 0 Å². The van der Waals surface area contributed by atoms with Crippen molar-refractivity contribution in [2.45, 2.75) is 18.6 Å². The molecule has 0 aliphatic carbocycles. The molecular formula is C19H24N6O2S. The first kappa shape index (κ1) is 19.9. The summed E-state index contributed by atoms with van der Waals surface area (Å²) in [6.07, 6.45) is 1.78. The predicted octanol–water partition coefficient (Wildman–Crippen LogP) is 2.24. The van der Waals surface area contributed by atoms with Gasteiger partial charge in [-0.15, -0.1) is 16.8 Å². The fraction of sp³-hybridized carbons (Fsp3) is 0.368. The van der Waals surface area contributed by atoms with Gasteiger partial charge in [-0.25, -0.2) is 4.79 Å². The number of carbonyl (C=O) groups is 2. The summed E-state index contributed by atoms with van der Waals surface area (Å²) in [6, 6.07) is 9.21. The summed E-state index contributed by atoms with van der Waals surface area (Å²) in [5.74, 6) is 1.14. The number of carbonyl (C=O) groups excluding carboxylic acids is 2. The summed E-state index contributed by atoms with van der Waals surface area (Å²) in [4.78, 5) is 28.4. The fourth-order valence-electron chi connectivity index (χ4n) is 2.91. The van der Waals surface area contributed by atoms with Gasteiger partial charge in [0.1, 0.15) is 5.82 Å². The highest BCUT2D eigenvalue weighted by Crippen LogP contribution is 2.18. The Morgan fingerprint density at radius 1 is 1.14 bits per heavy atom. The quantitative estimate of drug-likeness (QED) is 0.594. The average Bonchev–Trinajstić information content (AvgIpc) is 3.07. The number of nitrogens with zero attached hydrogens (tertiary/aromatic N) is 5. The van der Waals surface area contributed by atoms with Crippen molar-refractivity contribution in [2.75, 3.05) is 37.2 Å². The number of thioether (sulfide) groups is 1. The Labute approximate surface area is 168 Å². The Kier molecular flexibility index (Phi) is 6.70. The van der Waals surface area contributed by atoms with E-state index in [9.17, 15) is 9.59 Å². The number of nitrogens with one attached hydrogen (secondary N) is 1. The topological polar surface area (TPSA) is 83.4 Å². The summed E-state index contributed by atoms with van der Waals surface area (Å²) in [6.45, 7) is 8.31. The van der Waals surface area contributed by atoms with E-state index in [2.05, 4.69) is 22.1 Å². The largest absolute Gasteiger partial charge is 0.338 e. The predicted molar refractivity (Wildman–Crippen MR) is 109 cm³/mol. The summed E-state index contributed by atoms with van der Waals surface area (Å²) >= 11 is 1.38. The lowest BCUT2D eigenvalue weighted by Gasteiger charge is -2.34. The van der Waals surface area contributed by atoms with Crippen molar-refractivity contribution in [3.8, 4) is 0 Å². The van der Waals surface area contributed by atoms with Gasteiger partial charge in [-0.1, -0.05) is 36.0 Å². The summed E-state index contributed by atoms with van der Waals surface area (Å²) in [5.41, 5.74) is 0.765. The molecule has 0 bridgehead atoms. The Morgan fingerprint density at radius 2 is 1.82 bits per heavy atom. The summed E-state index contributed by atoms with van der Waals surface area (Å²) in [5, 5.41) is 11.8. The minimum Gasteiger partial charge on any atom is -0.338 e. The number of aryl methyl sites for hydroxylation is 1. The molecule has 1 aliphatic rings. The minimum atomic E-state index is -0.138. The molecular weight excluding hydrogens is 376 g/mol. The number of amides is 3. The van der Waals surface area contributed by atoms with E-state index >= 15 is 0 Å². The number of hydrogen-bond donors (Lipinski definition) is 1. The Morgan fingerprint density at radius 3 is 2.50 bits per heavy atom. The van der Waals surface area contributed by atoms with Gasteiger partial charge < -0.3 is 19.7 Å². The van der Waals surface area contributed by atoms with Gasteiger partial charge in [0.2, 0.25) is 5.91 Å². The Hall–Kier alpha value is -2.81. The number of anilines is 1. The van der Waals surface area contributed by atoms with Gasteiger partial charge in [0.05, 0.1) is 5.75 Å². The van der Waals surface area contributed by atoms with E-state index in [0.717, 1.165) is 11.5 Å². The van der Waals surface area contributed by atoms with Crippen molar-refractivity contribution in [1.29, 1.82) is 0 Å². The average molecular weight is 401 g/mol. The van der Waals surface area contributed by atoms with E-state index in [1.54, 1.807) is 15.9 Å². The van der Waals surface area contributed by atoms with Crippen molar-refractivity contribution in [1.82, 2.24) is 24.6 Å². The smallest absolute Gasteiger partial charge is 0.321 e. The first-order valence-corrected chi connectivity index (χ1v) is 10.1. The van der Waals surface area contributed by atoms with Crippen LogP contribution in [0.2, 0.25) is 0 Å². The normalized spacial score (nSPS) is 14.0. The van der Waals surface area contributed by atoms with Crippen LogP contribution in [0.1, 0.15) is 5.82 Å². The molecule has 148 valence electrons. The summed E-state index contributed by atoms with van der Waals surface area (Å²) in [7, 11) is 0. The second kappa shape index (κ2) is 9.41. The number of rotatable bonds is 6. The summed E-state index contributed by atoms with van der Waals surface area (Å²) < 4.78 is 1.93. The van der Waals surface area contributed by atoms with Crippen LogP contribution < -0.4 is 5.32 Å². The molecule has 8 nitrogen and oxygen atoms in total. The van der Waals surface area contributed by atoms with Gasteiger partial charge in [0.25, 0.3) is 0 Å². The van der Waals surface area contributed by atoms with Crippen LogP contribution >= 0.6 is 11.8 Å². The van der Waals surface area contributed by atoms with Crippen LogP contribution in [0.25, 0.3) is 0 Å². The molecule has 0 atom stereocenters.